The van der Waals surface area contributed by atoms with Crippen LogP contribution in [0.2, 0.25) is 5.15 Å². The van der Waals surface area contributed by atoms with Crippen molar-refractivity contribution in [3.63, 3.8) is 0 Å². The molecule has 0 fully saturated rings. The molecule has 0 radical (unpaired) electrons. The number of alkyl halides is 3. The van der Waals surface area contributed by atoms with Crippen LogP contribution in [-0.2, 0) is 11.0 Å². The minimum atomic E-state index is -4.54. The van der Waals surface area contributed by atoms with Crippen molar-refractivity contribution in [2.75, 3.05) is 0 Å². The standard InChI is InChI=1S/C13H14ClF3N2O/c1-3-4-5-11(20)18-8(2)9-6-7-10(13(15,16)17)19-12(9)14/h3,6-8H,1,4-5H2,2H3,(H,18,20)/t8-/m0/s1. The van der Waals surface area contributed by atoms with E-state index in [9.17, 15) is 18.0 Å². The number of carbonyl (C=O) groups is 1. The normalized spacial score (nSPS) is 12.8. The van der Waals surface area contributed by atoms with Gasteiger partial charge in [-0.05, 0) is 19.4 Å². The summed E-state index contributed by atoms with van der Waals surface area (Å²) in [5.74, 6) is -0.228. The van der Waals surface area contributed by atoms with Crippen LogP contribution in [0.5, 0.6) is 0 Å². The van der Waals surface area contributed by atoms with E-state index >= 15 is 0 Å². The maximum absolute atomic E-state index is 12.4. The summed E-state index contributed by atoms with van der Waals surface area (Å²) < 4.78 is 37.3. The molecule has 0 spiro atoms. The summed E-state index contributed by atoms with van der Waals surface area (Å²) in [6, 6.07) is 1.54. The van der Waals surface area contributed by atoms with Gasteiger partial charge in [0.15, 0.2) is 0 Å². The molecule has 20 heavy (non-hydrogen) atoms. The van der Waals surface area contributed by atoms with E-state index in [1.165, 1.54) is 6.07 Å². The summed E-state index contributed by atoms with van der Waals surface area (Å²) in [6.45, 7) is 5.13. The number of hydrogen-bond acceptors (Lipinski definition) is 2. The number of rotatable bonds is 5. The fraction of sp³-hybridized carbons (Fsp3) is 0.385. The van der Waals surface area contributed by atoms with E-state index in [1.807, 2.05) is 0 Å². The molecule has 1 heterocycles. The molecule has 1 N–H and O–H groups in total. The second-order valence-electron chi connectivity index (χ2n) is 4.19. The molecule has 0 aliphatic rings. The van der Waals surface area contributed by atoms with Crippen LogP contribution < -0.4 is 5.32 Å². The first-order valence-electron chi connectivity index (χ1n) is 5.89. The summed E-state index contributed by atoms with van der Waals surface area (Å²) in [4.78, 5) is 14.8. The molecule has 0 unspecified atom stereocenters. The Bertz CT molecular complexity index is 503. The van der Waals surface area contributed by atoms with Crippen LogP contribution in [0.3, 0.4) is 0 Å². The fourth-order valence-electron chi connectivity index (χ4n) is 1.55. The van der Waals surface area contributed by atoms with E-state index in [0.717, 1.165) is 6.07 Å². The van der Waals surface area contributed by atoms with E-state index in [4.69, 9.17) is 11.6 Å². The van der Waals surface area contributed by atoms with Gasteiger partial charge in [0.05, 0.1) is 6.04 Å². The van der Waals surface area contributed by atoms with Crippen LogP contribution >= 0.6 is 11.6 Å². The summed E-state index contributed by atoms with van der Waals surface area (Å²) in [7, 11) is 0. The summed E-state index contributed by atoms with van der Waals surface area (Å²) in [6.07, 6.45) is -2.15. The largest absolute Gasteiger partial charge is 0.433 e. The van der Waals surface area contributed by atoms with Crippen molar-refractivity contribution >= 4 is 17.5 Å². The van der Waals surface area contributed by atoms with Gasteiger partial charge in [-0.3, -0.25) is 4.79 Å². The second-order valence-corrected chi connectivity index (χ2v) is 4.55. The lowest BCUT2D eigenvalue weighted by atomic mass is 10.1. The number of amides is 1. The van der Waals surface area contributed by atoms with Gasteiger partial charge in [0.25, 0.3) is 0 Å². The van der Waals surface area contributed by atoms with E-state index in [0.29, 0.717) is 12.0 Å². The number of halogens is 4. The van der Waals surface area contributed by atoms with Crippen LogP contribution in [0.1, 0.15) is 37.1 Å². The fourth-order valence-corrected chi connectivity index (χ4v) is 1.87. The van der Waals surface area contributed by atoms with Crippen molar-refractivity contribution in [2.24, 2.45) is 0 Å². The van der Waals surface area contributed by atoms with Crippen LogP contribution in [-0.4, -0.2) is 10.9 Å². The highest BCUT2D eigenvalue weighted by atomic mass is 35.5. The average Bonchev–Trinajstić information content (AvgIpc) is 2.34. The molecule has 7 heteroatoms. The second kappa shape index (κ2) is 6.74. The molecule has 1 aromatic rings. The number of aromatic nitrogens is 1. The molecule has 0 saturated heterocycles. The molecular formula is C13H14ClF3N2O. The number of allylic oxidation sites excluding steroid dienone is 1. The Labute approximate surface area is 119 Å². The Morgan fingerprint density at radius 1 is 1.55 bits per heavy atom. The highest BCUT2D eigenvalue weighted by Crippen LogP contribution is 2.30. The van der Waals surface area contributed by atoms with Crippen molar-refractivity contribution in [2.45, 2.75) is 32.0 Å². The van der Waals surface area contributed by atoms with Crippen LogP contribution in [0.4, 0.5) is 13.2 Å². The van der Waals surface area contributed by atoms with Gasteiger partial charge in [-0.25, -0.2) is 4.98 Å². The van der Waals surface area contributed by atoms with E-state index < -0.39 is 17.9 Å². The Morgan fingerprint density at radius 2 is 2.20 bits per heavy atom. The van der Waals surface area contributed by atoms with Crippen molar-refractivity contribution in [3.05, 3.63) is 41.2 Å². The molecule has 0 aromatic carbocycles. The lowest BCUT2D eigenvalue weighted by Gasteiger charge is -2.16. The van der Waals surface area contributed by atoms with Crippen LogP contribution in [0.25, 0.3) is 0 Å². The molecule has 1 amide bonds. The minimum Gasteiger partial charge on any atom is -0.349 e. The molecule has 0 saturated carbocycles. The Kier molecular flexibility index (Phi) is 5.56. The molecule has 3 nitrogen and oxygen atoms in total. The van der Waals surface area contributed by atoms with E-state index in [1.54, 1.807) is 13.0 Å². The van der Waals surface area contributed by atoms with Crippen LogP contribution in [0, 0.1) is 0 Å². The number of hydrogen-bond donors (Lipinski definition) is 1. The number of nitrogens with zero attached hydrogens (tertiary/aromatic N) is 1. The molecule has 0 aliphatic heterocycles. The van der Waals surface area contributed by atoms with Gasteiger partial charge >= 0.3 is 6.18 Å². The first-order valence-corrected chi connectivity index (χ1v) is 6.27. The Morgan fingerprint density at radius 3 is 2.70 bits per heavy atom. The quantitative estimate of drug-likeness (QED) is 0.662. The van der Waals surface area contributed by atoms with Gasteiger partial charge in [0.2, 0.25) is 5.91 Å². The Hall–Kier alpha value is -1.56. The topological polar surface area (TPSA) is 42.0 Å². The van der Waals surface area contributed by atoms with Gasteiger partial charge in [-0.2, -0.15) is 13.2 Å². The lowest BCUT2D eigenvalue weighted by Crippen LogP contribution is -2.26. The summed E-state index contributed by atoms with van der Waals surface area (Å²) in [5.41, 5.74) is -0.719. The maximum atomic E-state index is 12.4. The highest BCUT2D eigenvalue weighted by molar-refractivity contribution is 6.30. The van der Waals surface area contributed by atoms with Gasteiger partial charge in [0.1, 0.15) is 10.8 Å². The predicted octanol–water partition coefficient (Wildman–Crippen LogP) is 3.90. The third-order valence-corrected chi connectivity index (χ3v) is 2.89. The van der Waals surface area contributed by atoms with Crippen molar-refractivity contribution < 1.29 is 18.0 Å². The van der Waals surface area contributed by atoms with E-state index in [-0.39, 0.29) is 17.5 Å². The molecule has 110 valence electrons. The monoisotopic (exact) mass is 306 g/mol. The van der Waals surface area contributed by atoms with Gasteiger partial charge in [0, 0.05) is 12.0 Å². The van der Waals surface area contributed by atoms with Gasteiger partial charge in [-0.15, -0.1) is 6.58 Å². The predicted molar refractivity (Wildman–Crippen MR) is 70.2 cm³/mol. The smallest absolute Gasteiger partial charge is 0.349 e. The van der Waals surface area contributed by atoms with E-state index in [2.05, 4.69) is 16.9 Å². The average molecular weight is 307 g/mol. The zero-order valence-electron chi connectivity index (χ0n) is 10.8. The molecule has 1 atom stereocenters. The number of carbonyl (C=O) groups excluding carboxylic acids is 1. The molecule has 0 aliphatic carbocycles. The van der Waals surface area contributed by atoms with Gasteiger partial charge in [-0.1, -0.05) is 23.7 Å². The molecule has 1 rings (SSSR count). The Balaban J connectivity index is 2.81. The molecular weight excluding hydrogens is 293 g/mol. The third kappa shape index (κ3) is 4.52. The van der Waals surface area contributed by atoms with Crippen molar-refractivity contribution in [3.8, 4) is 0 Å². The summed E-state index contributed by atoms with van der Waals surface area (Å²) >= 11 is 5.74. The zero-order chi connectivity index (χ0) is 15.3. The highest BCUT2D eigenvalue weighted by Gasteiger charge is 2.33. The molecule has 1 aromatic heterocycles. The third-order valence-electron chi connectivity index (χ3n) is 2.59. The van der Waals surface area contributed by atoms with Gasteiger partial charge < -0.3 is 5.32 Å². The van der Waals surface area contributed by atoms with Crippen molar-refractivity contribution in [1.29, 1.82) is 0 Å². The van der Waals surface area contributed by atoms with Crippen molar-refractivity contribution in [1.82, 2.24) is 10.3 Å². The number of nitrogens with one attached hydrogen (secondary N) is 1. The summed E-state index contributed by atoms with van der Waals surface area (Å²) in [5, 5.41) is 2.37. The SMILES string of the molecule is C=CCCC(=O)N[C@@H](C)c1ccc(C(F)(F)F)nc1Cl. The maximum Gasteiger partial charge on any atom is 0.433 e. The molecule has 0 bridgehead atoms. The first-order chi connectivity index (χ1) is 9.25. The number of pyridine rings is 1. The zero-order valence-corrected chi connectivity index (χ0v) is 11.6. The van der Waals surface area contributed by atoms with Crippen LogP contribution in [0.15, 0.2) is 24.8 Å². The first kappa shape index (κ1) is 16.5. The minimum absolute atomic E-state index is 0.228. The lowest BCUT2D eigenvalue weighted by molar-refractivity contribution is -0.141.